The standard InChI is InChI=1S/C25H25N5O4S/c1-16(31)34-14-17-3-5-18(6-4-17)19-15-35-21-13-26-25(29-23(19)21)27-20-7-8-22(28-24(20)32-2)30-9-11-33-12-10-30/h3-8,13,15H,9-12,14H2,1-2H3,(H,26,27,29). The highest BCUT2D eigenvalue weighted by Gasteiger charge is 2.16. The lowest BCUT2D eigenvalue weighted by molar-refractivity contribution is -0.142. The summed E-state index contributed by atoms with van der Waals surface area (Å²) in [5.74, 6) is 1.50. The zero-order valence-electron chi connectivity index (χ0n) is 19.5. The molecule has 1 N–H and O–H groups in total. The maximum absolute atomic E-state index is 11.1. The molecule has 5 rings (SSSR count). The van der Waals surface area contributed by atoms with Crippen LogP contribution in [-0.2, 0) is 20.9 Å². The first kappa shape index (κ1) is 23.0. The van der Waals surface area contributed by atoms with E-state index in [2.05, 4.69) is 25.6 Å². The van der Waals surface area contributed by atoms with Gasteiger partial charge in [-0.1, -0.05) is 24.3 Å². The molecule has 10 heteroatoms. The van der Waals surface area contributed by atoms with Gasteiger partial charge in [0.15, 0.2) is 0 Å². The fourth-order valence-electron chi connectivity index (χ4n) is 3.83. The molecule has 0 atom stereocenters. The molecule has 0 aliphatic carbocycles. The topological polar surface area (TPSA) is 98.7 Å². The number of aromatic nitrogens is 3. The highest BCUT2D eigenvalue weighted by atomic mass is 32.1. The second kappa shape index (κ2) is 10.2. The number of nitrogens with zero attached hydrogens (tertiary/aromatic N) is 4. The maximum atomic E-state index is 11.1. The molecular weight excluding hydrogens is 466 g/mol. The van der Waals surface area contributed by atoms with Crippen LogP contribution in [0, 0.1) is 0 Å². The molecule has 1 saturated heterocycles. The van der Waals surface area contributed by atoms with Gasteiger partial charge in [0.05, 0.1) is 36.7 Å². The Morgan fingerprint density at radius 3 is 2.69 bits per heavy atom. The third-order valence-corrected chi connectivity index (χ3v) is 6.55. The number of esters is 1. The number of morpholine rings is 1. The smallest absolute Gasteiger partial charge is 0.302 e. The molecule has 180 valence electrons. The molecule has 0 bridgehead atoms. The first-order valence-electron chi connectivity index (χ1n) is 11.2. The number of fused-ring (bicyclic) bond motifs is 1. The van der Waals surface area contributed by atoms with E-state index < -0.39 is 0 Å². The van der Waals surface area contributed by atoms with Gasteiger partial charge >= 0.3 is 5.97 Å². The van der Waals surface area contributed by atoms with Gasteiger partial charge in [0, 0.05) is 31.0 Å². The molecule has 0 amide bonds. The predicted molar refractivity (Wildman–Crippen MR) is 135 cm³/mol. The molecule has 4 aromatic rings. The van der Waals surface area contributed by atoms with E-state index in [1.54, 1.807) is 18.4 Å². The summed E-state index contributed by atoms with van der Waals surface area (Å²) in [6.45, 7) is 4.64. The summed E-state index contributed by atoms with van der Waals surface area (Å²) in [6, 6.07) is 11.8. The SMILES string of the molecule is COc1nc(N2CCOCC2)ccc1Nc1ncc2scc(-c3ccc(COC(C)=O)cc3)c2n1. The van der Waals surface area contributed by atoms with Crippen LogP contribution in [-0.4, -0.2) is 54.3 Å². The summed E-state index contributed by atoms with van der Waals surface area (Å²) in [5, 5.41) is 5.33. The van der Waals surface area contributed by atoms with Crippen molar-refractivity contribution in [2.45, 2.75) is 13.5 Å². The number of rotatable bonds is 7. The largest absolute Gasteiger partial charge is 0.479 e. The van der Waals surface area contributed by atoms with Crippen molar-refractivity contribution in [3.05, 3.63) is 53.5 Å². The number of thiophene rings is 1. The molecular formula is C25H25N5O4S. The monoisotopic (exact) mass is 491 g/mol. The molecule has 3 aromatic heterocycles. The summed E-state index contributed by atoms with van der Waals surface area (Å²) in [5.41, 5.74) is 4.52. The summed E-state index contributed by atoms with van der Waals surface area (Å²) in [4.78, 5) is 27.2. The van der Waals surface area contributed by atoms with E-state index in [1.165, 1.54) is 6.92 Å². The lowest BCUT2D eigenvalue weighted by Crippen LogP contribution is -2.36. The number of methoxy groups -OCH3 is 1. The minimum Gasteiger partial charge on any atom is -0.479 e. The molecule has 1 aromatic carbocycles. The van der Waals surface area contributed by atoms with Gasteiger partial charge < -0.3 is 24.4 Å². The molecule has 0 saturated carbocycles. The van der Waals surface area contributed by atoms with Gasteiger partial charge in [-0.15, -0.1) is 11.3 Å². The summed E-state index contributed by atoms with van der Waals surface area (Å²) in [7, 11) is 1.60. The number of hydrogen-bond donors (Lipinski definition) is 1. The van der Waals surface area contributed by atoms with Crippen molar-refractivity contribution in [3.63, 3.8) is 0 Å². The molecule has 1 aliphatic rings. The average molecular weight is 492 g/mol. The van der Waals surface area contributed by atoms with Crippen LogP contribution in [0.5, 0.6) is 5.88 Å². The van der Waals surface area contributed by atoms with E-state index in [0.717, 1.165) is 45.8 Å². The first-order valence-corrected chi connectivity index (χ1v) is 12.1. The van der Waals surface area contributed by atoms with E-state index in [-0.39, 0.29) is 12.6 Å². The molecule has 9 nitrogen and oxygen atoms in total. The quantitative estimate of drug-likeness (QED) is 0.377. The Labute approximate surface area is 206 Å². The Bertz CT molecular complexity index is 1340. The number of nitrogens with one attached hydrogen (secondary N) is 1. The Morgan fingerprint density at radius 1 is 1.14 bits per heavy atom. The van der Waals surface area contributed by atoms with Gasteiger partial charge in [-0.05, 0) is 23.3 Å². The maximum Gasteiger partial charge on any atom is 0.302 e. The lowest BCUT2D eigenvalue weighted by atomic mass is 10.1. The van der Waals surface area contributed by atoms with E-state index in [4.69, 9.17) is 19.2 Å². The zero-order valence-corrected chi connectivity index (χ0v) is 20.3. The minimum atomic E-state index is -0.294. The van der Waals surface area contributed by atoms with Crippen LogP contribution in [0.15, 0.2) is 48.0 Å². The molecule has 0 spiro atoms. The normalized spacial score (nSPS) is 13.6. The molecule has 1 aliphatic heterocycles. The number of benzene rings is 1. The van der Waals surface area contributed by atoms with Crippen molar-refractivity contribution in [3.8, 4) is 17.0 Å². The van der Waals surface area contributed by atoms with Gasteiger partial charge in [-0.2, -0.15) is 4.98 Å². The van der Waals surface area contributed by atoms with Crippen molar-refractivity contribution in [1.29, 1.82) is 0 Å². The number of carbonyl (C=O) groups excluding carboxylic acids is 1. The van der Waals surface area contributed by atoms with Crippen molar-refractivity contribution in [2.24, 2.45) is 0 Å². The van der Waals surface area contributed by atoms with Gasteiger partial charge in [0.25, 0.3) is 0 Å². The van der Waals surface area contributed by atoms with Gasteiger partial charge in [-0.25, -0.2) is 9.97 Å². The minimum absolute atomic E-state index is 0.260. The van der Waals surface area contributed by atoms with Gasteiger partial charge in [0.1, 0.15) is 18.1 Å². The van der Waals surface area contributed by atoms with Crippen LogP contribution >= 0.6 is 11.3 Å². The number of ether oxygens (including phenoxy) is 3. The van der Waals surface area contributed by atoms with Crippen molar-refractivity contribution in [1.82, 2.24) is 15.0 Å². The Kier molecular flexibility index (Phi) is 6.73. The zero-order chi connectivity index (χ0) is 24.2. The lowest BCUT2D eigenvalue weighted by Gasteiger charge is -2.28. The molecule has 0 radical (unpaired) electrons. The van der Waals surface area contributed by atoms with Crippen LogP contribution in [0.2, 0.25) is 0 Å². The number of anilines is 3. The summed E-state index contributed by atoms with van der Waals surface area (Å²) in [6.07, 6.45) is 1.82. The van der Waals surface area contributed by atoms with Crippen LogP contribution < -0.4 is 15.0 Å². The predicted octanol–water partition coefficient (Wildman–Crippen LogP) is 4.41. The van der Waals surface area contributed by atoms with Crippen LogP contribution in [0.4, 0.5) is 17.5 Å². The first-order chi connectivity index (χ1) is 17.1. The average Bonchev–Trinajstić information content (AvgIpc) is 3.32. The Balaban J connectivity index is 1.38. The number of carbonyl (C=O) groups is 1. The highest BCUT2D eigenvalue weighted by Crippen LogP contribution is 2.34. The van der Waals surface area contributed by atoms with Crippen LogP contribution in [0.3, 0.4) is 0 Å². The second-order valence-electron chi connectivity index (χ2n) is 7.98. The second-order valence-corrected chi connectivity index (χ2v) is 8.89. The third-order valence-electron chi connectivity index (χ3n) is 5.64. The van der Waals surface area contributed by atoms with Crippen LogP contribution in [0.1, 0.15) is 12.5 Å². The van der Waals surface area contributed by atoms with Gasteiger partial charge in [-0.3, -0.25) is 4.79 Å². The van der Waals surface area contributed by atoms with E-state index in [0.29, 0.717) is 30.7 Å². The molecule has 0 unspecified atom stereocenters. The fraction of sp³-hybridized carbons (Fsp3) is 0.280. The Morgan fingerprint density at radius 2 is 1.94 bits per heavy atom. The number of hydrogen-bond acceptors (Lipinski definition) is 10. The summed E-state index contributed by atoms with van der Waals surface area (Å²) >= 11 is 1.59. The third kappa shape index (κ3) is 5.18. The molecule has 35 heavy (non-hydrogen) atoms. The summed E-state index contributed by atoms with van der Waals surface area (Å²) < 4.78 is 17.0. The van der Waals surface area contributed by atoms with Crippen molar-refractivity contribution >= 4 is 45.0 Å². The number of pyridine rings is 1. The van der Waals surface area contributed by atoms with E-state index >= 15 is 0 Å². The van der Waals surface area contributed by atoms with Gasteiger partial charge in [0.2, 0.25) is 11.8 Å². The highest BCUT2D eigenvalue weighted by molar-refractivity contribution is 7.17. The molecule has 4 heterocycles. The van der Waals surface area contributed by atoms with E-state index in [9.17, 15) is 4.79 Å². The Hall–Kier alpha value is -3.76. The van der Waals surface area contributed by atoms with Crippen LogP contribution in [0.25, 0.3) is 21.3 Å². The van der Waals surface area contributed by atoms with E-state index in [1.807, 2.05) is 42.6 Å². The molecule has 1 fully saturated rings. The van der Waals surface area contributed by atoms with Crippen molar-refractivity contribution in [2.75, 3.05) is 43.6 Å². The fourth-order valence-corrected chi connectivity index (χ4v) is 4.70. The van der Waals surface area contributed by atoms with Crippen molar-refractivity contribution < 1.29 is 19.0 Å².